The minimum Gasteiger partial charge on any atom is -0.468 e. The van der Waals surface area contributed by atoms with Crippen molar-refractivity contribution in [2.24, 2.45) is 10.9 Å². The fourth-order valence-electron chi connectivity index (χ4n) is 3.59. The quantitative estimate of drug-likeness (QED) is 0.267. The molecule has 1 aliphatic heterocycles. The van der Waals surface area contributed by atoms with Crippen molar-refractivity contribution in [1.29, 1.82) is 0 Å². The van der Waals surface area contributed by atoms with E-state index in [2.05, 4.69) is 10.3 Å². The standard InChI is InChI=1S/C22H27N3O7/c1-5-6-10-32-17(26)12-23-21(27)18-13(2)24-14(3)19(22(28)31-4)20(18)15-8-7-9-16(11-15)25(29)30/h7-9,11,19-20H,5-6,10,12H2,1-4H3,(H,23,27). The Balaban J connectivity index is 2.42. The Morgan fingerprint density at radius 2 is 1.97 bits per heavy atom. The van der Waals surface area contributed by atoms with Crippen LogP contribution in [0.4, 0.5) is 5.69 Å². The highest BCUT2D eigenvalue weighted by Gasteiger charge is 2.42. The zero-order valence-corrected chi connectivity index (χ0v) is 18.5. The Labute approximate surface area is 185 Å². The summed E-state index contributed by atoms with van der Waals surface area (Å²) < 4.78 is 9.97. The fraction of sp³-hybridized carbons (Fsp3) is 0.455. The van der Waals surface area contributed by atoms with Gasteiger partial charge < -0.3 is 14.8 Å². The number of carbonyl (C=O) groups excluding carboxylic acids is 3. The summed E-state index contributed by atoms with van der Waals surface area (Å²) in [6, 6.07) is 5.73. The van der Waals surface area contributed by atoms with E-state index in [1.807, 2.05) is 6.92 Å². The maximum Gasteiger partial charge on any atom is 0.325 e. The molecule has 2 unspecified atom stereocenters. The summed E-state index contributed by atoms with van der Waals surface area (Å²) in [4.78, 5) is 52.7. The third-order valence-electron chi connectivity index (χ3n) is 5.12. The highest BCUT2D eigenvalue weighted by molar-refractivity contribution is 6.08. The molecule has 0 aromatic heterocycles. The molecule has 0 saturated carbocycles. The smallest absolute Gasteiger partial charge is 0.325 e. The second-order valence-electron chi connectivity index (χ2n) is 7.34. The number of carbonyl (C=O) groups is 3. The average Bonchev–Trinajstić information content (AvgIpc) is 2.76. The van der Waals surface area contributed by atoms with Gasteiger partial charge in [-0.05, 0) is 25.8 Å². The normalized spacial score (nSPS) is 17.9. The van der Waals surface area contributed by atoms with Crippen molar-refractivity contribution in [3.8, 4) is 0 Å². The molecule has 0 radical (unpaired) electrons. The molecule has 10 heteroatoms. The lowest BCUT2D eigenvalue weighted by Crippen LogP contribution is -2.40. The van der Waals surface area contributed by atoms with Crippen molar-refractivity contribution < 1.29 is 28.8 Å². The number of hydrogen-bond acceptors (Lipinski definition) is 8. The van der Waals surface area contributed by atoms with Crippen LogP contribution < -0.4 is 5.32 Å². The Bertz CT molecular complexity index is 968. The summed E-state index contributed by atoms with van der Waals surface area (Å²) in [7, 11) is 1.22. The van der Waals surface area contributed by atoms with Gasteiger partial charge in [0.15, 0.2) is 0 Å². The number of nitro groups is 1. The van der Waals surface area contributed by atoms with Crippen molar-refractivity contribution in [1.82, 2.24) is 5.32 Å². The number of nitrogens with zero attached hydrogens (tertiary/aromatic N) is 2. The SMILES string of the molecule is CCCCOC(=O)CNC(=O)C1=C(C)N=C(C)C(C(=O)OC)C1c1cccc([N+](=O)[O-])c1. The zero-order valence-electron chi connectivity index (χ0n) is 18.5. The number of aliphatic imine (C=N–C) groups is 1. The molecule has 1 aromatic rings. The van der Waals surface area contributed by atoms with Crippen LogP contribution in [0.15, 0.2) is 40.5 Å². The molecule has 172 valence electrons. The molecule has 1 aromatic carbocycles. The average molecular weight is 445 g/mol. The van der Waals surface area contributed by atoms with Crippen LogP contribution in [0.1, 0.15) is 45.1 Å². The summed E-state index contributed by atoms with van der Waals surface area (Å²) in [5.74, 6) is -3.66. The predicted molar refractivity (Wildman–Crippen MR) is 116 cm³/mol. The van der Waals surface area contributed by atoms with Gasteiger partial charge >= 0.3 is 11.9 Å². The molecule has 0 aliphatic carbocycles. The highest BCUT2D eigenvalue weighted by Crippen LogP contribution is 2.40. The number of methoxy groups -OCH3 is 1. The van der Waals surface area contributed by atoms with Gasteiger partial charge in [0.1, 0.15) is 12.5 Å². The molecule has 0 bridgehead atoms. The Kier molecular flexibility index (Phi) is 8.62. The molecule has 32 heavy (non-hydrogen) atoms. The lowest BCUT2D eigenvalue weighted by molar-refractivity contribution is -0.384. The van der Waals surface area contributed by atoms with Crippen LogP contribution in [-0.2, 0) is 23.9 Å². The third-order valence-corrected chi connectivity index (χ3v) is 5.12. The summed E-state index contributed by atoms with van der Waals surface area (Å²) in [5.41, 5.74) is 1.10. The Morgan fingerprint density at radius 1 is 1.25 bits per heavy atom. The van der Waals surface area contributed by atoms with E-state index < -0.39 is 34.6 Å². The summed E-state index contributed by atoms with van der Waals surface area (Å²) >= 11 is 0. The number of allylic oxidation sites excluding steroid dienone is 1. The van der Waals surface area contributed by atoms with E-state index in [-0.39, 0.29) is 24.4 Å². The van der Waals surface area contributed by atoms with Gasteiger partial charge in [0, 0.05) is 35.0 Å². The number of hydrogen-bond donors (Lipinski definition) is 1. The molecule has 2 rings (SSSR count). The van der Waals surface area contributed by atoms with Crippen molar-refractivity contribution >= 4 is 29.2 Å². The number of nitrogens with one attached hydrogen (secondary N) is 1. The van der Waals surface area contributed by atoms with Gasteiger partial charge in [-0.15, -0.1) is 0 Å². The van der Waals surface area contributed by atoms with Crippen LogP contribution in [0.25, 0.3) is 0 Å². The first-order valence-corrected chi connectivity index (χ1v) is 10.2. The minimum atomic E-state index is -0.956. The van der Waals surface area contributed by atoms with Crippen LogP contribution in [0.3, 0.4) is 0 Å². The van der Waals surface area contributed by atoms with Crippen LogP contribution in [0, 0.1) is 16.0 Å². The summed E-state index contributed by atoms with van der Waals surface area (Å²) in [5, 5.41) is 13.8. The van der Waals surface area contributed by atoms with Gasteiger partial charge in [0.2, 0.25) is 5.91 Å². The Hall–Kier alpha value is -3.56. The maximum absolute atomic E-state index is 13.1. The number of esters is 2. The molecule has 0 saturated heterocycles. The first kappa shape index (κ1) is 24.7. The maximum atomic E-state index is 13.1. The molecular weight excluding hydrogens is 418 g/mol. The van der Waals surface area contributed by atoms with Crippen LogP contribution in [-0.4, -0.2) is 48.7 Å². The second-order valence-corrected chi connectivity index (χ2v) is 7.34. The van der Waals surface area contributed by atoms with Gasteiger partial charge in [-0.1, -0.05) is 25.5 Å². The van der Waals surface area contributed by atoms with E-state index in [9.17, 15) is 24.5 Å². The van der Waals surface area contributed by atoms with Crippen molar-refractivity contribution in [2.45, 2.75) is 39.5 Å². The lowest BCUT2D eigenvalue weighted by Gasteiger charge is -2.31. The molecule has 0 fully saturated rings. The molecule has 1 aliphatic rings. The number of unbranched alkanes of at least 4 members (excludes halogenated alkanes) is 1. The molecule has 10 nitrogen and oxygen atoms in total. The van der Waals surface area contributed by atoms with Crippen molar-refractivity contribution in [3.05, 3.63) is 51.2 Å². The van der Waals surface area contributed by atoms with Gasteiger partial charge in [0.25, 0.3) is 5.69 Å². The van der Waals surface area contributed by atoms with Gasteiger partial charge in [0.05, 0.1) is 18.6 Å². The lowest BCUT2D eigenvalue weighted by atomic mass is 9.75. The van der Waals surface area contributed by atoms with E-state index in [0.29, 0.717) is 23.4 Å². The number of ether oxygens (including phenoxy) is 2. The molecular formula is C22H27N3O7. The molecule has 1 amide bonds. The summed E-state index contributed by atoms with van der Waals surface area (Å²) in [6.45, 7) is 5.11. The highest BCUT2D eigenvalue weighted by atomic mass is 16.6. The monoisotopic (exact) mass is 445 g/mol. The van der Waals surface area contributed by atoms with E-state index in [0.717, 1.165) is 6.42 Å². The fourth-order valence-corrected chi connectivity index (χ4v) is 3.59. The van der Waals surface area contributed by atoms with Crippen LogP contribution in [0.5, 0.6) is 0 Å². The first-order valence-electron chi connectivity index (χ1n) is 10.2. The number of non-ortho nitro benzene ring substituents is 1. The minimum absolute atomic E-state index is 0.132. The van der Waals surface area contributed by atoms with E-state index in [1.54, 1.807) is 19.9 Å². The van der Waals surface area contributed by atoms with Gasteiger partial charge in [-0.25, -0.2) is 0 Å². The molecule has 2 atom stereocenters. The van der Waals surface area contributed by atoms with Crippen molar-refractivity contribution in [3.63, 3.8) is 0 Å². The van der Waals surface area contributed by atoms with E-state index >= 15 is 0 Å². The van der Waals surface area contributed by atoms with E-state index in [4.69, 9.17) is 9.47 Å². The molecule has 1 heterocycles. The number of benzene rings is 1. The predicted octanol–water partition coefficient (Wildman–Crippen LogP) is 2.68. The van der Waals surface area contributed by atoms with Gasteiger partial charge in [-0.2, -0.15) is 0 Å². The molecule has 1 N–H and O–H groups in total. The summed E-state index contributed by atoms with van der Waals surface area (Å²) in [6.07, 6.45) is 1.58. The van der Waals surface area contributed by atoms with Crippen LogP contribution >= 0.6 is 0 Å². The second kappa shape index (κ2) is 11.2. The number of nitro benzene ring substituents is 1. The third kappa shape index (κ3) is 5.77. The number of rotatable bonds is 9. The number of amides is 1. The topological polar surface area (TPSA) is 137 Å². The van der Waals surface area contributed by atoms with Crippen LogP contribution in [0.2, 0.25) is 0 Å². The van der Waals surface area contributed by atoms with E-state index in [1.165, 1.54) is 25.3 Å². The largest absolute Gasteiger partial charge is 0.468 e. The van der Waals surface area contributed by atoms with Gasteiger partial charge in [-0.3, -0.25) is 29.5 Å². The zero-order chi connectivity index (χ0) is 23.8. The molecule has 0 spiro atoms. The first-order chi connectivity index (χ1) is 15.2. The van der Waals surface area contributed by atoms with Crippen molar-refractivity contribution in [2.75, 3.05) is 20.3 Å². The Morgan fingerprint density at radius 3 is 2.59 bits per heavy atom.